The Bertz CT molecular complexity index is 167. The van der Waals surface area contributed by atoms with Crippen molar-refractivity contribution in [2.45, 2.75) is 51.0 Å². The Hall–Kier alpha value is -0.0800. The molecule has 2 aliphatic rings. The van der Waals surface area contributed by atoms with Crippen LogP contribution in [0.5, 0.6) is 0 Å². The minimum Gasteiger partial charge on any atom is -0.316 e. The van der Waals surface area contributed by atoms with Gasteiger partial charge in [0.2, 0.25) is 0 Å². The van der Waals surface area contributed by atoms with E-state index in [0.29, 0.717) is 5.54 Å². The highest BCUT2D eigenvalue weighted by Gasteiger charge is 2.27. The Morgan fingerprint density at radius 3 is 2.71 bits per heavy atom. The van der Waals surface area contributed by atoms with Gasteiger partial charge >= 0.3 is 0 Å². The molecule has 82 valence electrons. The first kappa shape index (κ1) is 10.4. The Morgan fingerprint density at radius 1 is 1.29 bits per heavy atom. The first-order valence-corrected chi connectivity index (χ1v) is 6.24. The number of hydrogen-bond donors (Lipinski definition) is 2. The monoisotopic (exact) mass is 196 g/mol. The lowest BCUT2D eigenvalue weighted by atomic mass is 9.83. The highest BCUT2D eigenvalue weighted by atomic mass is 15.0. The maximum atomic E-state index is 3.80. The minimum absolute atomic E-state index is 0.459. The topological polar surface area (TPSA) is 24.1 Å². The fraction of sp³-hybridized carbons (Fsp3) is 1.00. The molecule has 0 aromatic heterocycles. The van der Waals surface area contributed by atoms with E-state index in [1.54, 1.807) is 0 Å². The van der Waals surface area contributed by atoms with Crippen LogP contribution < -0.4 is 10.6 Å². The van der Waals surface area contributed by atoms with Gasteiger partial charge in [-0.1, -0.05) is 19.3 Å². The molecule has 1 aliphatic carbocycles. The first-order valence-electron chi connectivity index (χ1n) is 6.24. The van der Waals surface area contributed by atoms with Crippen LogP contribution in [0, 0.1) is 5.92 Å². The summed E-state index contributed by atoms with van der Waals surface area (Å²) in [4.78, 5) is 0. The standard InChI is InChI=1S/C12H24N2/c1-12(6-3-2-4-7-12)14-10-11-5-8-13-9-11/h11,13-14H,2-10H2,1H3. The lowest BCUT2D eigenvalue weighted by Gasteiger charge is -2.35. The van der Waals surface area contributed by atoms with Crippen LogP contribution in [0.3, 0.4) is 0 Å². The van der Waals surface area contributed by atoms with Gasteiger partial charge in [-0.05, 0) is 51.7 Å². The van der Waals surface area contributed by atoms with Crippen molar-refractivity contribution in [2.75, 3.05) is 19.6 Å². The SMILES string of the molecule is CC1(NCC2CCNC2)CCCCC1. The van der Waals surface area contributed by atoms with Crippen LogP contribution in [0.15, 0.2) is 0 Å². The molecular weight excluding hydrogens is 172 g/mol. The summed E-state index contributed by atoms with van der Waals surface area (Å²) >= 11 is 0. The van der Waals surface area contributed by atoms with Crippen LogP contribution in [0.25, 0.3) is 0 Å². The second-order valence-corrected chi connectivity index (χ2v) is 5.36. The molecule has 2 rings (SSSR count). The molecule has 0 aromatic rings. The minimum atomic E-state index is 0.459. The van der Waals surface area contributed by atoms with Crippen LogP contribution in [-0.2, 0) is 0 Å². The molecule has 0 amide bonds. The quantitative estimate of drug-likeness (QED) is 0.720. The van der Waals surface area contributed by atoms with Gasteiger partial charge in [0.25, 0.3) is 0 Å². The summed E-state index contributed by atoms with van der Waals surface area (Å²) in [5.74, 6) is 0.883. The van der Waals surface area contributed by atoms with Crippen LogP contribution >= 0.6 is 0 Å². The average molecular weight is 196 g/mol. The summed E-state index contributed by atoms with van der Waals surface area (Å²) in [6, 6.07) is 0. The molecule has 0 bridgehead atoms. The number of rotatable bonds is 3. The van der Waals surface area contributed by atoms with E-state index >= 15 is 0 Å². The Balaban J connectivity index is 1.72. The van der Waals surface area contributed by atoms with E-state index in [0.717, 1.165) is 5.92 Å². The zero-order valence-corrected chi connectivity index (χ0v) is 9.44. The molecule has 0 radical (unpaired) electrons. The van der Waals surface area contributed by atoms with Crippen molar-refractivity contribution in [3.8, 4) is 0 Å². The molecule has 1 unspecified atom stereocenters. The van der Waals surface area contributed by atoms with Gasteiger partial charge in [-0.2, -0.15) is 0 Å². The molecule has 1 aliphatic heterocycles. The van der Waals surface area contributed by atoms with Crippen molar-refractivity contribution in [2.24, 2.45) is 5.92 Å². The van der Waals surface area contributed by atoms with Crippen LogP contribution in [0.1, 0.15) is 45.4 Å². The van der Waals surface area contributed by atoms with Gasteiger partial charge < -0.3 is 10.6 Å². The summed E-state index contributed by atoms with van der Waals surface area (Å²) in [5.41, 5.74) is 0.459. The maximum absolute atomic E-state index is 3.80. The largest absolute Gasteiger partial charge is 0.316 e. The molecule has 1 saturated heterocycles. The van der Waals surface area contributed by atoms with E-state index in [4.69, 9.17) is 0 Å². The van der Waals surface area contributed by atoms with E-state index in [9.17, 15) is 0 Å². The third-order valence-corrected chi connectivity index (χ3v) is 3.94. The summed E-state index contributed by atoms with van der Waals surface area (Å²) in [6.45, 7) is 6.09. The highest BCUT2D eigenvalue weighted by molar-refractivity contribution is 4.87. The molecule has 2 N–H and O–H groups in total. The molecular formula is C12H24N2. The Morgan fingerprint density at radius 2 is 2.07 bits per heavy atom. The third kappa shape index (κ3) is 2.71. The smallest absolute Gasteiger partial charge is 0.0153 e. The second-order valence-electron chi connectivity index (χ2n) is 5.36. The van der Waals surface area contributed by atoms with Crippen molar-refractivity contribution in [3.63, 3.8) is 0 Å². The molecule has 2 heteroatoms. The molecule has 0 aromatic carbocycles. The van der Waals surface area contributed by atoms with Gasteiger partial charge in [-0.15, -0.1) is 0 Å². The predicted molar refractivity (Wildman–Crippen MR) is 60.5 cm³/mol. The van der Waals surface area contributed by atoms with Crippen molar-refractivity contribution in [1.29, 1.82) is 0 Å². The number of nitrogens with one attached hydrogen (secondary N) is 2. The third-order valence-electron chi connectivity index (χ3n) is 3.94. The van der Waals surface area contributed by atoms with Crippen molar-refractivity contribution in [3.05, 3.63) is 0 Å². The maximum Gasteiger partial charge on any atom is 0.0153 e. The summed E-state index contributed by atoms with van der Waals surface area (Å²) < 4.78 is 0. The molecule has 1 atom stereocenters. The van der Waals surface area contributed by atoms with Gasteiger partial charge in [0.1, 0.15) is 0 Å². The molecule has 2 fully saturated rings. The Labute approximate surface area is 87.8 Å². The Kier molecular flexibility index (Phi) is 3.45. The van der Waals surface area contributed by atoms with Crippen LogP contribution in [-0.4, -0.2) is 25.2 Å². The average Bonchev–Trinajstić information content (AvgIpc) is 2.69. The van der Waals surface area contributed by atoms with Crippen molar-refractivity contribution < 1.29 is 0 Å². The molecule has 1 saturated carbocycles. The fourth-order valence-electron chi connectivity index (χ4n) is 2.79. The van der Waals surface area contributed by atoms with Gasteiger partial charge in [0.05, 0.1) is 0 Å². The van der Waals surface area contributed by atoms with Crippen LogP contribution in [0.4, 0.5) is 0 Å². The van der Waals surface area contributed by atoms with E-state index in [1.807, 2.05) is 0 Å². The predicted octanol–water partition coefficient (Wildman–Crippen LogP) is 1.91. The zero-order chi connectivity index (χ0) is 9.86. The van der Waals surface area contributed by atoms with Crippen molar-refractivity contribution in [1.82, 2.24) is 10.6 Å². The molecule has 2 nitrogen and oxygen atoms in total. The van der Waals surface area contributed by atoms with Gasteiger partial charge in [-0.3, -0.25) is 0 Å². The molecule has 14 heavy (non-hydrogen) atoms. The van der Waals surface area contributed by atoms with E-state index in [-0.39, 0.29) is 0 Å². The van der Waals surface area contributed by atoms with E-state index in [2.05, 4.69) is 17.6 Å². The highest BCUT2D eigenvalue weighted by Crippen LogP contribution is 2.27. The lowest BCUT2D eigenvalue weighted by Crippen LogP contribution is -2.46. The number of hydrogen-bond acceptors (Lipinski definition) is 2. The fourth-order valence-corrected chi connectivity index (χ4v) is 2.79. The van der Waals surface area contributed by atoms with Crippen molar-refractivity contribution >= 4 is 0 Å². The van der Waals surface area contributed by atoms with Gasteiger partial charge in [-0.25, -0.2) is 0 Å². The lowest BCUT2D eigenvalue weighted by molar-refractivity contribution is 0.243. The molecule has 1 heterocycles. The van der Waals surface area contributed by atoms with Crippen LogP contribution in [0.2, 0.25) is 0 Å². The second kappa shape index (κ2) is 4.63. The van der Waals surface area contributed by atoms with Gasteiger partial charge in [0.15, 0.2) is 0 Å². The summed E-state index contributed by atoms with van der Waals surface area (Å²) in [6.07, 6.45) is 8.42. The van der Waals surface area contributed by atoms with E-state index < -0.39 is 0 Å². The zero-order valence-electron chi connectivity index (χ0n) is 9.44. The summed E-state index contributed by atoms with van der Waals surface area (Å²) in [7, 11) is 0. The first-order chi connectivity index (χ1) is 6.79. The van der Waals surface area contributed by atoms with Gasteiger partial charge in [0, 0.05) is 5.54 Å². The molecule has 0 spiro atoms. The normalized spacial score (nSPS) is 31.9. The summed E-state index contributed by atoms with van der Waals surface area (Å²) in [5, 5.41) is 7.23. The van der Waals surface area contributed by atoms with E-state index in [1.165, 1.54) is 58.2 Å².